The number of amides is 2. The summed E-state index contributed by atoms with van der Waals surface area (Å²) in [4.78, 5) is 24.6. The quantitative estimate of drug-likeness (QED) is 0.797. The number of carbonyl (C=O) groups is 2. The zero-order chi connectivity index (χ0) is 14.7. The first-order chi connectivity index (χ1) is 8.73. The van der Waals surface area contributed by atoms with Gasteiger partial charge in [0.15, 0.2) is 5.82 Å². The Labute approximate surface area is 109 Å². The van der Waals surface area contributed by atoms with Crippen LogP contribution >= 0.6 is 0 Å². The van der Waals surface area contributed by atoms with Crippen LogP contribution in [0, 0.1) is 11.6 Å². The maximum absolute atomic E-state index is 13.6. The van der Waals surface area contributed by atoms with Crippen LogP contribution in [0.2, 0.25) is 0 Å². The minimum Gasteiger partial charge on any atom is -0.396 e. The highest BCUT2D eigenvalue weighted by Gasteiger charge is 2.21. The first kappa shape index (κ1) is 14.9. The molecule has 0 aromatic heterocycles. The zero-order valence-corrected chi connectivity index (χ0v) is 10.8. The molecule has 1 rings (SSSR count). The molecular formula is C12H15F2N3O2. The van der Waals surface area contributed by atoms with Crippen molar-refractivity contribution in [2.45, 2.75) is 13.0 Å². The third kappa shape index (κ3) is 3.40. The highest BCUT2D eigenvalue weighted by molar-refractivity contribution is 5.98. The maximum Gasteiger partial charge on any atom is 0.255 e. The van der Waals surface area contributed by atoms with Crippen molar-refractivity contribution in [3.05, 3.63) is 29.3 Å². The summed E-state index contributed by atoms with van der Waals surface area (Å²) in [5.41, 5.74) is 4.24. The molecule has 0 spiro atoms. The summed E-state index contributed by atoms with van der Waals surface area (Å²) >= 11 is 0. The Morgan fingerprint density at radius 3 is 2.42 bits per heavy atom. The Kier molecular flexibility index (Phi) is 4.42. The first-order valence-electron chi connectivity index (χ1n) is 5.50. The number of halogens is 2. The van der Waals surface area contributed by atoms with Crippen molar-refractivity contribution >= 4 is 17.5 Å². The molecule has 1 atom stereocenters. The lowest BCUT2D eigenvalue weighted by molar-refractivity contribution is -0.130. The van der Waals surface area contributed by atoms with Gasteiger partial charge in [-0.25, -0.2) is 8.78 Å². The lowest BCUT2D eigenvalue weighted by atomic mass is 10.1. The van der Waals surface area contributed by atoms with Gasteiger partial charge in [-0.2, -0.15) is 0 Å². The largest absolute Gasteiger partial charge is 0.396 e. The van der Waals surface area contributed by atoms with E-state index >= 15 is 0 Å². The summed E-state index contributed by atoms with van der Waals surface area (Å²) in [5, 5.41) is 2.28. The molecule has 0 saturated heterocycles. The number of nitrogens with one attached hydrogen (secondary N) is 1. The van der Waals surface area contributed by atoms with Gasteiger partial charge in [-0.05, 0) is 19.1 Å². The molecule has 104 valence electrons. The van der Waals surface area contributed by atoms with Crippen LogP contribution in [0.4, 0.5) is 14.5 Å². The second-order valence-corrected chi connectivity index (χ2v) is 4.28. The van der Waals surface area contributed by atoms with E-state index in [0.717, 1.165) is 12.1 Å². The fraction of sp³-hybridized carbons (Fsp3) is 0.333. The average molecular weight is 271 g/mol. The molecule has 0 aliphatic carbocycles. The molecule has 0 saturated carbocycles. The van der Waals surface area contributed by atoms with Crippen molar-refractivity contribution in [1.29, 1.82) is 0 Å². The van der Waals surface area contributed by atoms with Crippen LogP contribution in [-0.2, 0) is 4.79 Å². The Hall–Kier alpha value is -2.18. The Balaban J connectivity index is 2.93. The van der Waals surface area contributed by atoms with Crippen LogP contribution in [-0.4, -0.2) is 36.9 Å². The second kappa shape index (κ2) is 5.64. The van der Waals surface area contributed by atoms with Crippen molar-refractivity contribution in [1.82, 2.24) is 10.2 Å². The van der Waals surface area contributed by atoms with Gasteiger partial charge in [0, 0.05) is 14.1 Å². The molecule has 0 heterocycles. The minimum atomic E-state index is -1.01. The summed E-state index contributed by atoms with van der Waals surface area (Å²) in [6, 6.07) is 0.653. The molecule has 0 aliphatic heterocycles. The molecule has 5 nitrogen and oxygen atoms in total. The number of nitrogens with two attached hydrogens (primary N) is 1. The molecule has 3 N–H and O–H groups in total. The molecule has 1 aromatic carbocycles. The normalized spacial score (nSPS) is 11.8. The summed E-state index contributed by atoms with van der Waals surface area (Å²) in [5.74, 6) is -3.09. The molecule has 1 unspecified atom stereocenters. The molecule has 0 fully saturated rings. The molecule has 19 heavy (non-hydrogen) atoms. The summed E-state index contributed by atoms with van der Waals surface area (Å²) in [6.07, 6.45) is 0. The van der Waals surface area contributed by atoms with E-state index < -0.39 is 34.8 Å². The number of hydrogen-bond acceptors (Lipinski definition) is 3. The molecule has 0 bridgehead atoms. The first-order valence-corrected chi connectivity index (χ1v) is 5.50. The van der Waals surface area contributed by atoms with E-state index in [-0.39, 0.29) is 5.91 Å². The van der Waals surface area contributed by atoms with Crippen molar-refractivity contribution in [3.8, 4) is 0 Å². The Morgan fingerprint density at radius 2 is 1.89 bits per heavy atom. The highest BCUT2D eigenvalue weighted by atomic mass is 19.1. The standard InChI is InChI=1S/C12H15F2N3O2/c1-6(12(19)17(2)3)16-11(18)8-4-7(13)5-9(15)10(8)14/h4-6H,15H2,1-3H3,(H,16,18). The lowest BCUT2D eigenvalue weighted by Crippen LogP contribution is -2.44. The zero-order valence-electron chi connectivity index (χ0n) is 10.8. The molecule has 0 radical (unpaired) electrons. The van der Waals surface area contributed by atoms with Gasteiger partial charge in [0.25, 0.3) is 5.91 Å². The van der Waals surface area contributed by atoms with Crippen LogP contribution in [0.5, 0.6) is 0 Å². The van der Waals surface area contributed by atoms with Gasteiger partial charge >= 0.3 is 0 Å². The SMILES string of the molecule is CC(NC(=O)c1cc(F)cc(N)c1F)C(=O)N(C)C. The Bertz CT molecular complexity index is 518. The van der Waals surface area contributed by atoms with Crippen LogP contribution < -0.4 is 11.1 Å². The third-order valence-electron chi connectivity index (χ3n) is 2.47. The van der Waals surface area contributed by atoms with E-state index in [9.17, 15) is 18.4 Å². The monoisotopic (exact) mass is 271 g/mol. The van der Waals surface area contributed by atoms with Gasteiger partial charge in [-0.15, -0.1) is 0 Å². The average Bonchev–Trinajstić information content (AvgIpc) is 2.32. The fourth-order valence-corrected chi connectivity index (χ4v) is 1.50. The summed E-state index contributed by atoms with van der Waals surface area (Å²) in [7, 11) is 3.04. The second-order valence-electron chi connectivity index (χ2n) is 4.28. The number of rotatable bonds is 3. The topological polar surface area (TPSA) is 75.4 Å². The number of carbonyl (C=O) groups excluding carboxylic acids is 2. The molecule has 0 aliphatic rings. The van der Waals surface area contributed by atoms with Crippen molar-refractivity contribution in [2.24, 2.45) is 0 Å². The molecular weight excluding hydrogens is 256 g/mol. The van der Waals surface area contributed by atoms with Gasteiger partial charge < -0.3 is 16.0 Å². The van der Waals surface area contributed by atoms with Gasteiger partial charge in [-0.1, -0.05) is 0 Å². The molecule has 2 amide bonds. The molecule has 1 aromatic rings. The fourth-order valence-electron chi connectivity index (χ4n) is 1.50. The van der Waals surface area contributed by atoms with Crippen LogP contribution in [0.3, 0.4) is 0 Å². The van der Waals surface area contributed by atoms with E-state index in [2.05, 4.69) is 5.32 Å². The molecule has 7 heteroatoms. The number of anilines is 1. The third-order valence-corrected chi connectivity index (χ3v) is 2.47. The maximum atomic E-state index is 13.6. The van der Waals surface area contributed by atoms with Crippen molar-refractivity contribution in [3.63, 3.8) is 0 Å². The van der Waals surface area contributed by atoms with Crippen molar-refractivity contribution in [2.75, 3.05) is 19.8 Å². The number of hydrogen-bond donors (Lipinski definition) is 2. The number of benzene rings is 1. The summed E-state index contributed by atoms with van der Waals surface area (Å²) in [6.45, 7) is 1.45. The number of likely N-dealkylation sites (N-methyl/N-ethyl adjacent to an activating group) is 1. The van der Waals surface area contributed by atoms with Crippen molar-refractivity contribution < 1.29 is 18.4 Å². The van der Waals surface area contributed by atoms with Crippen LogP contribution in [0.1, 0.15) is 17.3 Å². The van der Waals surface area contributed by atoms with E-state index in [1.165, 1.54) is 25.9 Å². The van der Waals surface area contributed by atoms with E-state index in [1.807, 2.05) is 0 Å². The van der Waals surface area contributed by atoms with Crippen LogP contribution in [0.25, 0.3) is 0 Å². The number of nitrogens with zero attached hydrogens (tertiary/aromatic N) is 1. The highest BCUT2D eigenvalue weighted by Crippen LogP contribution is 2.17. The minimum absolute atomic E-state index is 0.363. The predicted molar refractivity (Wildman–Crippen MR) is 66.4 cm³/mol. The lowest BCUT2D eigenvalue weighted by Gasteiger charge is -2.18. The van der Waals surface area contributed by atoms with Crippen LogP contribution in [0.15, 0.2) is 12.1 Å². The van der Waals surface area contributed by atoms with Gasteiger partial charge in [0.05, 0.1) is 11.3 Å². The predicted octanol–water partition coefficient (Wildman–Crippen LogP) is 0.754. The summed E-state index contributed by atoms with van der Waals surface area (Å²) < 4.78 is 26.7. The van der Waals surface area contributed by atoms with Gasteiger partial charge in [0.1, 0.15) is 11.9 Å². The van der Waals surface area contributed by atoms with E-state index in [1.54, 1.807) is 0 Å². The smallest absolute Gasteiger partial charge is 0.255 e. The van der Waals surface area contributed by atoms with E-state index in [4.69, 9.17) is 5.73 Å². The Morgan fingerprint density at radius 1 is 1.32 bits per heavy atom. The van der Waals surface area contributed by atoms with E-state index in [0.29, 0.717) is 0 Å². The number of nitrogen functional groups attached to an aromatic ring is 1. The van der Waals surface area contributed by atoms with Gasteiger partial charge in [-0.3, -0.25) is 9.59 Å². The van der Waals surface area contributed by atoms with Gasteiger partial charge in [0.2, 0.25) is 5.91 Å².